The Morgan fingerprint density at radius 2 is 1.84 bits per heavy atom. The molecule has 0 aliphatic heterocycles. The Morgan fingerprint density at radius 3 is 2.58 bits per heavy atom. The maximum absolute atomic E-state index is 11.5. The van der Waals surface area contributed by atoms with Gasteiger partial charge in [-0.2, -0.15) is 0 Å². The maximum Gasteiger partial charge on any atom is 0.311 e. The van der Waals surface area contributed by atoms with Crippen LogP contribution in [0.3, 0.4) is 0 Å². The van der Waals surface area contributed by atoms with E-state index in [9.17, 15) is 9.59 Å². The Kier molecular flexibility index (Phi) is 4.55. The molecule has 0 radical (unpaired) electrons. The minimum atomic E-state index is -0.887. The summed E-state index contributed by atoms with van der Waals surface area (Å²) in [5.74, 6) is -0.681. The van der Waals surface area contributed by atoms with E-state index in [1.165, 1.54) is 24.0 Å². The molecular weight excluding hydrogens is 244 g/mol. The van der Waals surface area contributed by atoms with Gasteiger partial charge in [-0.05, 0) is 55.4 Å². The van der Waals surface area contributed by atoms with Crippen LogP contribution in [-0.4, -0.2) is 17.0 Å². The molecule has 4 nitrogen and oxygen atoms in total. The van der Waals surface area contributed by atoms with Gasteiger partial charge in [-0.3, -0.25) is 9.59 Å². The molecular formula is C15H18O4. The number of ether oxygens (including phenoxy) is 1. The Hall–Kier alpha value is -1.84. The van der Waals surface area contributed by atoms with Crippen LogP contribution in [0.2, 0.25) is 0 Å². The summed E-state index contributed by atoms with van der Waals surface area (Å²) in [6.45, 7) is 0. The lowest BCUT2D eigenvalue weighted by Gasteiger charge is -2.16. The van der Waals surface area contributed by atoms with E-state index in [-0.39, 0.29) is 18.8 Å². The van der Waals surface area contributed by atoms with Gasteiger partial charge < -0.3 is 9.84 Å². The molecule has 0 unspecified atom stereocenters. The number of benzene rings is 1. The third-order valence-corrected chi connectivity index (χ3v) is 3.32. The molecule has 1 N–H and O–H groups in total. The number of carboxylic acid groups (broad SMARTS) is 1. The van der Waals surface area contributed by atoms with Crippen molar-refractivity contribution in [3.63, 3.8) is 0 Å². The van der Waals surface area contributed by atoms with Gasteiger partial charge in [-0.25, -0.2) is 0 Å². The third-order valence-electron chi connectivity index (χ3n) is 3.32. The number of fused-ring (bicyclic) bond motifs is 1. The molecule has 1 aromatic carbocycles. The molecule has 0 heterocycles. The molecule has 0 bridgehead atoms. The Labute approximate surface area is 112 Å². The molecule has 1 aliphatic carbocycles. The summed E-state index contributed by atoms with van der Waals surface area (Å²) in [5, 5.41) is 8.50. The normalized spacial score (nSPS) is 13.7. The van der Waals surface area contributed by atoms with Gasteiger partial charge in [0, 0.05) is 12.8 Å². The van der Waals surface area contributed by atoms with Crippen molar-refractivity contribution in [2.45, 2.75) is 44.9 Å². The van der Waals surface area contributed by atoms with Gasteiger partial charge in [0.25, 0.3) is 0 Å². The van der Waals surface area contributed by atoms with Crippen LogP contribution in [0.1, 0.15) is 43.2 Å². The summed E-state index contributed by atoms with van der Waals surface area (Å²) in [6.07, 6.45) is 5.01. The van der Waals surface area contributed by atoms with Gasteiger partial charge in [-0.15, -0.1) is 0 Å². The maximum atomic E-state index is 11.5. The molecule has 0 atom stereocenters. The highest BCUT2D eigenvalue weighted by Crippen LogP contribution is 2.25. The summed E-state index contributed by atoms with van der Waals surface area (Å²) in [7, 11) is 0. The summed E-state index contributed by atoms with van der Waals surface area (Å²) in [4.78, 5) is 21.9. The van der Waals surface area contributed by atoms with Crippen molar-refractivity contribution in [2.75, 3.05) is 0 Å². The Morgan fingerprint density at radius 1 is 1.11 bits per heavy atom. The van der Waals surface area contributed by atoms with Crippen molar-refractivity contribution in [1.29, 1.82) is 0 Å². The number of hydrogen-bond acceptors (Lipinski definition) is 3. The van der Waals surface area contributed by atoms with Crippen molar-refractivity contribution in [1.82, 2.24) is 0 Å². The van der Waals surface area contributed by atoms with E-state index >= 15 is 0 Å². The van der Waals surface area contributed by atoms with Crippen LogP contribution in [0.4, 0.5) is 0 Å². The van der Waals surface area contributed by atoms with Crippen LogP contribution in [0.5, 0.6) is 5.75 Å². The average molecular weight is 262 g/mol. The predicted molar refractivity (Wildman–Crippen MR) is 70.2 cm³/mol. The molecule has 1 aliphatic rings. The highest BCUT2D eigenvalue weighted by molar-refractivity contribution is 5.73. The van der Waals surface area contributed by atoms with Gasteiger partial charge in [0.15, 0.2) is 0 Å². The van der Waals surface area contributed by atoms with Crippen LogP contribution in [0.15, 0.2) is 18.2 Å². The van der Waals surface area contributed by atoms with Gasteiger partial charge in [0.2, 0.25) is 0 Å². The van der Waals surface area contributed by atoms with Gasteiger partial charge in [0.05, 0.1) is 0 Å². The molecule has 0 fully saturated rings. The molecule has 0 spiro atoms. The van der Waals surface area contributed by atoms with E-state index in [4.69, 9.17) is 9.84 Å². The van der Waals surface area contributed by atoms with Crippen LogP contribution in [0.25, 0.3) is 0 Å². The van der Waals surface area contributed by atoms with E-state index in [0.29, 0.717) is 12.2 Å². The fourth-order valence-corrected chi connectivity index (χ4v) is 2.34. The fourth-order valence-electron chi connectivity index (χ4n) is 2.34. The van der Waals surface area contributed by atoms with Crippen molar-refractivity contribution in [2.24, 2.45) is 0 Å². The van der Waals surface area contributed by atoms with Crippen LogP contribution < -0.4 is 4.74 Å². The zero-order valence-corrected chi connectivity index (χ0v) is 10.9. The monoisotopic (exact) mass is 262 g/mol. The molecule has 102 valence electrons. The highest BCUT2D eigenvalue weighted by atomic mass is 16.5. The second-order valence-electron chi connectivity index (χ2n) is 4.86. The lowest BCUT2D eigenvalue weighted by atomic mass is 9.92. The zero-order valence-electron chi connectivity index (χ0n) is 10.9. The SMILES string of the molecule is O=C(O)CCCC(=O)Oc1ccc2c(c1)CCCC2. The number of esters is 1. The molecule has 0 aromatic heterocycles. The van der Waals surface area contributed by atoms with Crippen molar-refractivity contribution < 1.29 is 19.4 Å². The van der Waals surface area contributed by atoms with Gasteiger partial charge >= 0.3 is 11.9 Å². The minimum Gasteiger partial charge on any atom is -0.481 e. The first-order valence-electron chi connectivity index (χ1n) is 6.69. The van der Waals surface area contributed by atoms with E-state index in [1.54, 1.807) is 0 Å². The topological polar surface area (TPSA) is 63.6 Å². The lowest BCUT2D eigenvalue weighted by molar-refractivity contribution is -0.137. The smallest absolute Gasteiger partial charge is 0.311 e. The van der Waals surface area contributed by atoms with Gasteiger partial charge in [-0.1, -0.05) is 6.07 Å². The molecule has 1 aromatic rings. The Bertz CT molecular complexity index is 479. The highest BCUT2D eigenvalue weighted by Gasteiger charge is 2.12. The summed E-state index contributed by atoms with van der Waals surface area (Å²) < 4.78 is 5.23. The third kappa shape index (κ3) is 4.09. The van der Waals surface area contributed by atoms with E-state index in [0.717, 1.165) is 12.8 Å². The summed E-state index contributed by atoms with van der Waals surface area (Å²) >= 11 is 0. The molecule has 19 heavy (non-hydrogen) atoms. The number of aliphatic carboxylic acids is 1. The van der Waals surface area contributed by atoms with Crippen LogP contribution >= 0.6 is 0 Å². The molecule has 4 heteroatoms. The zero-order chi connectivity index (χ0) is 13.7. The standard InChI is InChI=1S/C15H18O4/c16-14(17)6-3-7-15(18)19-13-9-8-11-4-1-2-5-12(11)10-13/h8-10H,1-7H2,(H,16,17). The first-order valence-corrected chi connectivity index (χ1v) is 6.69. The van der Waals surface area contributed by atoms with Crippen molar-refractivity contribution in [3.05, 3.63) is 29.3 Å². The quantitative estimate of drug-likeness (QED) is 0.654. The number of aryl methyl sites for hydroxylation is 2. The van der Waals surface area contributed by atoms with E-state index < -0.39 is 5.97 Å². The fraction of sp³-hybridized carbons (Fsp3) is 0.467. The number of hydrogen-bond donors (Lipinski definition) is 1. The first-order chi connectivity index (χ1) is 9.15. The molecule has 0 amide bonds. The van der Waals surface area contributed by atoms with Gasteiger partial charge in [0.1, 0.15) is 5.75 Å². The average Bonchev–Trinajstić information content (AvgIpc) is 2.38. The number of carbonyl (C=O) groups excluding carboxylic acids is 1. The summed E-state index contributed by atoms with van der Waals surface area (Å²) in [5.41, 5.74) is 2.61. The van der Waals surface area contributed by atoms with Crippen molar-refractivity contribution in [3.8, 4) is 5.75 Å². The number of carbonyl (C=O) groups is 2. The predicted octanol–water partition coefficient (Wildman–Crippen LogP) is 2.73. The second-order valence-corrected chi connectivity index (χ2v) is 4.86. The first kappa shape index (κ1) is 13.6. The number of rotatable bonds is 5. The van der Waals surface area contributed by atoms with E-state index in [2.05, 4.69) is 0 Å². The molecule has 2 rings (SSSR count). The number of carboxylic acids is 1. The Balaban J connectivity index is 1.88. The van der Waals surface area contributed by atoms with Crippen LogP contribution in [0, 0.1) is 0 Å². The van der Waals surface area contributed by atoms with E-state index in [1.807, 2.05) is 18.2 Å². The molecule has 0 saturated heterocycles. The summed E-state index contributed by atoms with van der Waals surface area (Å²) in [6, 6.07) is 5.77. The lowest BCUT2D eigenvalue weighted by Crippen LogP contribution is -2.10. The van der Waals surface area contributed by atoms with Crippen LogP contribution in [-0.2, 0) is 22.4 Å². The second kappa shape index (κ2) is 6.36. The van der Waals surface area contributed by atoms with Crippen molar-refractivity contribution >= 4 is 11.9 Å². The largest absolute Gasteiger partial charge is 0.481 e. The minimum absolute atomic E-state index is 0.000707. The molecule has 0 saturated carbocycles.